The molecule has 0 radical (unpaired) electrons. The third-order valence-corrected chi connectivity index (χ3v) is 8.03. The topological polar surface area (TPSA) is 92.2 Å². The molecule has 1 aliphatic heterocycles. The van der Waals surface area contributed by atoms with Gasteiger partial charge in [-0.15, -0.1) is 0 Å². The summed E-state index contributed by atoms with van der Waals surface area (Å²) in [5, 5.41) is 10.5. The van der Waals surface area contributed by atoms with Crippen LogP contribution in [0.25, 0.3) is 5.69 Å². The highest BCUT2D eigenvalue weighted by Crippen LogP contribution is 2.31. The highest BCUT2D eigenvalue weighted by atomic mass is 79.9. The molecule has 5 rings (SSSR count). The van der Waals surface area contributed by atoms with Crippen molar-refractivity contribution in [3.63, 3.8) is 0 Å². The van der Waals surface area contributed by atoms with Crippen molar-refractivity contribution in [2.45, 2.75) is 19.3 Å². The maximum atomic E-state index is 13.6. The number of hydrogen-bond acceptors (Lipinski definition) is 5. The van der Waals surface area contributed by atoms with Crippen LogP contribution in [0.5, 0.6) is 0 Å². The molecule has 2 aromatic heterocycles. The number of carbonyl (C=O) groups is 2. The Hall–Kier alpha value is -3.76. The molecular formula is C29H27BrClFN6O2. The van der Waals surface area contributed by atoms with E-state index in [2.05, 4.69) is 41.5 Å². The minimum atomic E-state index is -0.473. The molecule has 0 aliphatic carbocycles. The zero-order valence-electron chi connectivity index (χ0n) is 21.5. The van der Waals surface area contributed by atoms with Crippen LogP contribution in [-0.2, 0) is 0 Å². The van der Waals surface area contributed by atoms with E-state index < -0.39 is 11.7 Å². The molecule has 40 heavy (non-hydrogen) atoms. The summed E-state index contributed by atoms with van der Waals surface area (Å²) in [6.07, 6.45) is 6.54. The Morgan fingerprint density at radius 3 is 2.38 bits per heavy atom. The van der Waals surface area contributed by atoms with E-state index in [0.29, 0.717) is 22.6 Å². The lowest BCUT2D eigenvalue weighted by molar-refractivity contribution is 0.0943. The summed E-state index contributed by atoms with van der Waals surface area (Å²) in [5.41, 5.74) is 2.02. The lowest BCUT2D eigenvalue weighted by Crippen LogP contribution is -2.35. The molecule has 1 aliphatic rings. The van der Waals surface area contributed by atoms with Gasteiger partial charge >= 0.3 is 0 Å². The van der Waals surface area contributed by atoms with Crippen molar-refractivity contribution in [2.24, 2.45) is 5.92 Å². The molecule has 206 valence electrons. The highest BCUT2D eigenvalue weighted by molar-refractivity contribution is 9.10. The predicted octanol–water partition coefficient (Wildman–Crippen LogP) is 6.11. The summed E-state index contributed by atoms with van der Waals surface area (Å²) in [7, 11) is 0. The van der Waals surface area contributed by atoms with Gasteiger partial charge < -0.3 is 15.5 Å². The lowest BCUT2D eigenvalue weighted by Gasteiger charge is -2.33. The van der Waals surface area contributed by atoms with Crippen LogP contribution < -0.4 is 15.5 Å². The van der Waals surface area contributed by atoms with E-state index in [1.165, 1.54) is 34.6 Å². The number of rotatable bonds is 8. The fourth-order valence-electron chi connectivity index (χ4n) is 4.75. The van der Waals surface area contributed by atoms with Gasteiger partial charge in [0.25, 0.3) is 11.8 Å². The maximum Gasteiger partial charge on any atom is 0.273 e. The van der Waals surface area contributed by atoms with E-state index in [-0.39, 0.29) is 28.0 Å². The Morgan fingerprint density at radius 2 is 1.68 bits per heavy atom. The number of anilines is 2. The number of nitrogens with one attached hydrogen (secondary N) is 2. The minimum Gasteiger partial charge on any atom is -0.371 e. The van der Waals surface area contributed by atoms with Crippen molar-refractivity contribution in [2.75, 3.05) is 29.9 Å². The zero-order chi connectivity index (χ0) is 28.1. The second-order valence-corrected chi connectivity index (χ2v) is 10.7. The molecule has 3 heterocycles. The largest absolute Gasteiger partial charge is 0.371 e. The number of hydrogen-bond donors (Lipinski definition) is 2. The molecule has 1 fully saturated rings. The molecule has 0 spiro atoms. The Bertz CT molecular complexity index is 1490. The fourth-order valence-corrected chi connectivity index (χ4v) is 5.50. The lowest BCUT2D eigenvalue weighted by atomic mass is 9.93. The van der Waals surface area contributed by atoms with Gasteiger partial charge in [0.1, 0.15) is 5.82 Å². The van der Waals surface area contributed by atoms with Crippen molar-refractivity contribution in [3.05, 3.63) is 99.6 Å². The van der Waals surface area contributed by atoms with Crippen molar-refractivity contribution in [1.29, 1.82) is 0 Å². The molecule has 8 nitrogen and oxygen atoms in total. The van der Waals surface area contributed by atoms with Crippen molar-refractivity contribution in [3.8, 4) is 5.69 Å². The average Bonchev–Trinajstić information content (AvgIpc) is 3.30. The van der Waals surface area contributed by atoms with Crippen LogP contribution in [0.4, 0.5) is 15.9 Å². The average molecular weight is 626 g/mol. The zero-order valence-corrected chi connectivity index (χ0v) is 23.8. The second kappa shape index (κ2) is 12.6. The van der Waals surface area contributed by atoms with Gasteiger partial charge in [-0.2, -0.15) is 5.10 Å². The molecule has 4 aromatic rings. The summed E-state index contributed by atoms with van der Waals surface area (Å²) in [6, 6.07) is 16.3. The number of amides is 2. The first-order chi connectivity index (χ1) is 19.4. The summed E-state index contributed by atoms with van der Waals surface area (Å²) in [6.45, 7) is 2.42. The summed E-state index contributed by atoms with van der Waals surface area (Å²) >= 11 is 9.66. The molecule has 0 atom stereocenters. The monoisotopic (exact) mass is 624 g/mol. The SMILES string of the molecule is O=C(Nc1c(Br)c(C(=O)NCCC2CCN(c3ccncc3)CC2)nn1-c1ccc(F)cc1)c1ccccc1Cl. The third kappa shape index (κ3) is 6.34. The van der Waals surface area contributed by atoms with E-state index in [1.54, 1.807) is 36.7 Å². The van der Waals surface area contributed by atoms with Crippen molar-refractivity contribution in [1.82, 2.24) is 20.1 Å². The smallest absolute Gasteiger partial charge is 0.273 e. The quantitative estimate of drug-likeness (QED) is 0.247. The number of halogens is 3. The van der Waals surface area contributed by atoms with E-state index >= 15 is 0 Å². The van der Waals surface area contributed by atoms with Crippen LogP contribution in [0.1, 0.15) is 40.1 Å². The Labute approximate surface area is 244 Å². The first kappa shape index (κ1) is 27.8. The Morgan fingerprint density at radius 1 is 0.975 bits per heavy atom. The molecule has 0 unspecified atom stereocenters. The number of piperidine rings is 1. The van der Waals surface area contributed by atoms with Crippen LogP contribution in [-0.4, -0.2) is 46.2 Å². The van der Waals surface area contributed by atoms with Gasteiger partial charge in [0.05, 0.1) is 20.7 Å². The molecule has 2 aromatic carbocycles. The van der Waals surface area contributed by atoms with Crippen LogP contribution in [0, 0.1) is 11.7 Å². The summed E-state index contributed by atoms with van der Waals surface area (Å²) < 4.78 is 15.3. The van der Waals surface area contributed by atoms with Gasteiger partial charge in [-0.25, -0.2) is 9.07 Å². The van der Waals surface area contributed by atoms with Crippen LogP contribution >= 0.6 is 27.5 Å². The van der Waals surface area contributed by atoms with Gasteiger partial charge in [-0.05, 0) is 89.6 Å². The molecule has 2 N–H and O–H groups in total. The summed E-state index contributed by atoms with van der Waals surface area (Å²) in [5.74, 6) is -0.537. The van der Waals surface area contributed by atoms with Crippen LogP contribution in [0.15, 0.2) is 77.5 Å². The third-order valence-electron chi connectivity index (χ3n) is 6.94. The van der Waals surface area contributed by atoms with E-state index in [4.69, 9.17) is 11.6 Å². The van der Waals surface area contributed by atoms with Gasteiger partial charge in [-0.3, -0.25) is 14.6 Å². The molecule has 0 saturated carbocycles. The Balaban J connectivity index is 1.27. The minimum absolute atomic E-state index is 0.103. The fraction of sp³-hybridized carbons (Fsp3) is 0.241. The molecular weight excluding hydrogens is 599 g/mol. The number of pyridine rings is 1. The number of carbonyl (C=O) groups excluding carboxylic acids is 2. The highest BCUT2D eigenvalue weighted by Gasteiger charge is 2.25. The molecule has 11 heteroatoms. The number of nitrogens with zero attached hydrogens (tertiary/aromatic N) is 4. The number of aromatic nitrogens is 3. The van der Waals surface area contributed by atoms with E-state index in [1.807, 2.05) is 12.1 Å². The van der Waals surface area contributed by atoms with Gasteiger partial charge in [0.2, 0.25) is 0 Å². The van der Waals surface area contributed by atoms with Crippen LogP contribution in [0.3, 0.4) is 0 Å². The predicted molar refractivity (Wildman–Crippen MR) is 157 cm³/mol. The molecule has 0 bridgehead atoms. The Kier molecular flexibility index (Phi) is 8.76. The standard InChI is InChI=1S/C29H27BrClFN6O2/c30-25-26(29(40)34-16-9-19-12-17-37(18-13-19)21-10-14-33-15-11-21)36-38(22-7-5-20(32)6-8-22)27(25)35-28(39)23-3-1-2-4-24(23)31/h1-8,10-11,14-15,19H,9,12-13,16-18H2,(H,34,40)(H,35,39). The van der Waals surface area contributed by atoms with Gasteiger partial charge in [0.15, 0.2) is 11.5 Å². The van der Waals surface area contributed by atoms with E-state index in [0.717, 1.165) is 32.4 Å². The number of benzene rings is 2. The van der Waals surface area contributed by atoms with E-state index in [9.17, 15) is 14.0 Å². The first-order valence-electron chi connectivity index (χ1n) is 12.9. The summed E-state index contributed by atoms with van der Waals surface area (Å²) in [4.78, 5) is 32.7. The molecule has 2 amide bonds. The van der Waals surface area contributed by atoms with Crippen molar-refractivity contribution >= 4 is 50.9 Å². The van der Waals surface area contributed by atoms with Gasteiger partial charge in [-0.1, -0.05) is 23.7 Å². The molecule has 1 saturated heterocycles. The van der Waals surface area contributed by atoms with Crippen molar-refractivity contribution < 1.29 is 14.0 Å². The normalized spacial score (nSPS) is 13.7. The first-order valence-corrected chi connectivity index (χ1v) is 14.1. The second-order valence-electron chi connectivity index (χ2n) is 9.51. The van der Waals surface area contributed by atoms with Crippen LogP contribution in [0.2, 0.25) is 5.02 Å². The maximum absolute atomic E-state index is 13.6. The van der Waals surface area contributed by atoms with Gasteiger partial charge in [0, 0.05) is 37.7 Å².